The number of hydrogen-bond donors (Lipinski definition) is 1. The van der Waals surface area contributed by atoms with Crippen LogP contribution in [0.3, 0.4) is 0 Å². The molecule has 0 aliphatic carbocycles. The van der Waals surface area contributed by atoms with Gasteiger partial charge in [-0.1, -0.05) is 30.3 Å². The molecule has 0 fully saturated rings. The van der Waals surface area contributed by atoms with Gasteiger partial charge in [0, 0.05) is 11.7 Å². The van der Waals surface area contributed by atoms with E-state index in [2.05, 4.69) is 44.3 Å². The van der Waals surface area contributed by atoms with Crippen LogP contribution in [0.4, 0.5) is 5.69 Å². The summed E-state index contributed by atoms with van der Waals surface area (Å²) in [5.41, 5.74) is 5.08. The van der Waals surface area contributed by atoms with Crippen LogP contribution in [0.15, 0.2) is 42.5 Å². The van der Waals surface area contributed by atoms with Gasteiger partial charge in [-0.05, 0) is 49.6 Å². The summed E-state index contributed by atoms with van der Waals surface area (Å²) in [5, 5.41) is 3.39. The first kappa shape index (κ1) is 15.1. The van der Waals surface area contributed by atoms with Crippen LogP contribution >= 0.6 is 0 Å². The summed E-state index contributed by atoms with van der Waals surface area (Å²) in [7, 11) is 1.39. The van der Waals surface area contributed by atoms with Gasteiger partial charge in [0.1, 0.15) is 0 Å². The van der Waals surface area contributed by atoms with Gasteiger partial charge in [0.25, 0.3) is 0 Å². The SMILES string of the molecule is COC(=O)c1ccccc1NC(C)c1ccc(C)c(C)c1. The van der Waals surface area contributed by atoms with Crippen LogP contribution in [-0.2, 0) is 4.74 Å². The molecule has 2 aromatic carbocycles. The number of para-hydroxylation sites is 1. The van der Waals surface area contributed by atoms with Gasteiger partial charge < -0.3 is 10.1 Å². The molecule has 0 aliphatic heterocycles. The molecule has 0 saturated carbocycles. The normalized spacial score (nSPS) is 11.8. The second-order valence-electron chi connectivity index (χ2n) is 5.25. The van der Waals surface area contributed by atoms with Crippen molar-refractivity contribution in [3.8, 4) is 0 Å². The monoisotopic (exact) mass is 283 g/mol. The molecule has 1 N–H and O–H groups in total. The van der Waals surface area contributed by atoms with Crippen molar-refractivity contribution in [1.29, 1.82) is 0 Å². The van der Waals surface area contributed by atoms with E-state index in [1.54, 1.807) is 6.07 Å². The first-order valence-electron chi connectivity index (χ1n) is 7.04. The summed E-state index contributed by atoms with van der Waals surface area (Å²) < 4.78 is 4.82. The zero-order chi connectivity index (χ0) is 15.4. The first-order chi connectivity index (χ1) is 10.0. The van der Waals surface area contributed by atoms with E-state index in [1.807, 2.05) is 18.2 Å². The van der Waals surface area contributed by atoms with E-state index < -0.39 is 0 Å². The highest BCUT2D eigenvalue weighted by atomic mass is 16.5. The Morgan fingerprint density at radius 3 is 2.48 bits per heavy atom. The molecule has 0 amide bonds. The fourth-order valence-electron chi connectivity index (χ4n) is 2.25. The quantitative estimate of drug-likeness (QED) is 0.852. The fourth-order valence-corrected chi connectivity index (χ4v) is 2.25. The number of anilines is 1. The maximum absolute atomic E-state index is 11.8. The largest absolute Gasteiger partial charge is 0.465 e. The van der Waals surface area contributed by atoms with Gasteiger partial charge in [-0.3, -0.25) is 0 Å². The summed E-state index contributed by atoms with van der Waals surface area (Å²) in [4.78, 5) is 11.8. The van der Waals surface area contributed by atoms with E-state index in [4.69, 9.17) is 4.74 Å². The minimum atomic E-state index is -0.328. The Bertz CT molecular complexity index is 649. The van der Waals surface area contributed by atoms with Crippen LogP contribution in [0.2, 0.25) is 0 Å². The summed E-state index contributed by atoms with van der Waals surface area (Å²) in [5.74, 6) is -0.328. The van der Waals surface area contributed by atoms with Crippen molar-refractivity contribution in [1.82, 2.24) is 0 Å². The fraction of sp³-hybridized carbons (Fsp3) is 0.278. The van der Waals surface area contributed by atoms with Crippen molar-refractivity contribution in [2.45, 2.75) is 26.8 Å². The molecule has 2 rings (SSSR count). The summed E-state index contributed by atoms with van der Waals surface area (Å²) >= 11 is 0. The van der Waals surface area contributed by atoms with E-state index >= 15 is 0 Å². The number of esters is 1. The summed E-state index contributed by atoms with van der Waals surface area (Å²) in [6.07, 6.45) is 0. The van der Waals surface area contributed by atoms with Gasteiger partial charge in [0.2, 0.25) is 0 Å². The summed E-state index contributed by atoms with van der Waals surface area (Å²) in [6.45, 7) is 6.29. The maximum Gasteiger partial charge on any atom is 0.339 e. The van der Waals surface area contributed by atoms with E-state index in [-0.39, 0.29) is 12.0 Å². The van der Waals surface area contributed by atoms with Gasteiger partial charge >= 0.3 is 5.97 Å². The van der Waals surface area contributed by atoms with Crippen molar-refractivity contribution in [2.24, 2.45) is 0 Å². The number of methoxy groups -OCH3 is 1. The van der Waals surface area contributed by atoms with Crippen molar-refractivity contribution in [2.75, 3.05) is 12.4 Å². The van der Waals surface area contributed by atoms with Crippen LogP contribution in [0.5, 0.6) is 0 Å². The topological polar surface area (TPSA) is 38.3 Å². The zero-order valence-electron chi connectivity index (χ0n) is 12.9. The third kappa shape index (κ3) is 3.43. The lowest BCUT2D eigenvalue weighted by atomic mass is 10.0. The van der Waals surface area contributed by atoms with Gasteiger partial charge in [-0.25, -0.2) is 4.79 Å². The van der Waals surface area contributed by atoms with Crippen LogP contribution < -0.4 is 5.32 Å². The molecule has 0 bridgehead atoms. The molecule has 0 spiro atoms. The van der Waals surface area contributed by atoms with Gasteiger partial charge in [-0.15, -0.1) is 0 Å². The number of carbonyl (C=O) groups excluding carboxylic acids is 1. The van der Waals surface area contributed by atoms with Crippen LogP contribution in [-0.4, -0.2) is 13.1 Å². The minimum absolute atomic E-state index is 0.107. The number of carbonyl (C=O) groups is 1. The second-order valence-corrected chi connectivity index (χ2v) is 5.25. The molecule has 1 unspecified atom stereocenters. The minimum Gasteiger partial charge on any atom is -0.465 e. The van der Waals surface area contributed by atoms with Crippen molar-refractivity contribution >= 4 is 11.7 Å². The Balaban J connectivity index is 2.25. The molecule has 0 radical (unpaired) electrons. The average molecular weight is 283 g/mol. The second kappa shape index (κ2) is 6.44. The summed E-state index contributed by atoms with van der Waals surface area (Å²) in [6, 6.07) is 13.9. The predicted molar refractivity (Wildman–Crippen MR) is 85.7 cm³/mol. The standard InChI is InChI=1S/C18H21NO2/c1-12-9-10-15(11-13(12)2)14(3)19-17-8-6-5-7-16(17)18(20)21-4/h5-11,14,19H,1-4H3. The Labute approximate surface area is 126 Å². The molecule has 0 heterocycles. The van der Waals surface area contributed by atoms with E-state index in [1.165, 1.54) is 23.8 Å². The molecule has 3 nitrogen and oxygen atoms in total. The first-order valence-corrected chi connectivity index (χ1v) is 7.04. The number of benzene rings is 2. The zero-order valence-corrected chi connectivity index (χ0v) is 12.9. The number of ether oxygens (including phenoxy) is 1. The number of rotatable bonds is 4. The molecule has 21 heavy (non-hydrogen) atoms. The Kier molecular flexibility index (Phi) is 4.63. The Morgan fingerprint density at radius 1 is 1.10 bits per heavy atom. The van der Waals surface area contributed by atoms with Crippen molar-refractivity contribution < 1.29 is 9.53 Å². The van der Waals surface area contributed by atoms with Crippen molar-refractivity contribution in [3.05, 3.63) is 64.7 Å². The van der Waals surface area contributed by atoms with Crippen LogP contribution in [0.1, 0.15) is 40.0 Å². The molecule has 3 heteroatoms. The highest BCUT2D eigenvalue weighted by molar-refractivity contribution is 5.95. The number of aryl methyl sites for hydroxylation is 2. The van der Waals surface area contributed by atoms with Crippen LogP contribution in [0.25, 0.3) is 0 Å². The molecule has 2 aromatic rings. The molecule has 110 valence electrons. The van der Waals surface area contributed by atoms with E-state index in [0.29, 0.717) is 5.56 Å². The third-order valence-electron chi connectivity index (χ3n) is 3.74. The molecule has 0 aromatic heterocycles. The smallest absolute Gasteiger partial charge is 0.339 e. The molecule has 1 atom stereocenters. The number of nitrogens with one attached hydrogen (secondary N) is 1. The molecular formula is C18H21NO2. The van der Waals surface area contributed by atoms with Gasteiger partial charge in [0.05, 0.1) is 12.7 Å². The predicted octanol–water partition coefficient (Wildman–Crippen LogP) is 4.26. The molecular weight excluding hydrogens is 262 g/mol. The Hall–Kier alpha value is -2.29. The lowest BCUT2D eigenvalue weighted by molar-refractivity contribution is 0.0602. The van der Waals surface area contributed by atoms with Gasteiger partial charge in [-0.2, -0.15) is 0 Å². The lowest BCUT2D eigenvalue weighted by Crippen LogP contribution is -2.11. The van der Waals surface area contributed by atoms with Crippen molar-refractivity contribution in [3.63, 3.8) is 0 Å². The van der Waals surface area contributed by atoms with Crippen LogP contribution in [0, 0.1) is 13.8 Å². The average Bonchev–Trinajstić information content (AvgIpc) is 2.49. The van der Waals surface area contributed by atoms with Gasteiger partial charge in [0.15, 0.2) is 0 Å². The highest BCUT2D eigenvalue weighted by Crippen LogP contribution is 2.24. The third-order valence-corrected chi connectivity index (χ3v) is 3.74. The molecule has 0 saturated heterocycles. The van der Waals surface area contributed by atoms with E-state index in [0.717, 1.165) is 5.69 Å². The molecule has 0 aliphatic rings. The Morgan fingerprint density at radius 2 is 1.81 bits per heavy atom. The van der Waals surface area contributed by atoms with E-state index in [9.17, 15) is 4.79 Å². The highest BCUT2D eigenvalue weighted by Gasteiger charge is 2.13. The maximum atomic E-state index is 11.8. The lowest BCUT2D eigenvalue weighted by Gasteiger charge is -2.18. The number of hydrogen-bond acceptors (Lipinski definition) is 3.